The zero-order valence-corrected chi connectivity index (χ0v) is 15.2. The van der Waals surface area contributed by atoms with Crippen LogP contribution >= 0.6 is 11.8 Å². The van der Waals surface area contributed by atoms with Gasteiger partial charge >= 0.3 is 5.97 Å². The molecule has 144 valence electrons. The Hall–Kier alpha value is -3.13. The smallest absolute Gasteiger partial charge is 0.342 e. The van der Waals surface area contributed by atoms with Gasteiger partial charge in [0, 0.05) is 10.3 Å². The summed E-state index contributed by atoms with van der Waals surface area (Å²) >= 11 is 0.302. The number of carbonyl (C=O) groups excluding carboxylic acids is 2. The Morgan fingerprint density at radius 2 is 1.75 bits per heavy atom. The number of halogens is 2. The second kappa shape index (κ2) is 8.71. The van der Waals surface area contributed by atoms with Crippen molar-refractivity contribution in [3.05, 3.63) is 66.2 Å². The molecule has 0 saturated carbocycles. The third kappa shape index (κ3) is 4.58. The van der Waals surface area contributed by atoms with Gasteiger partial charge in [-0.1, -0.05) is 54.2 Å². The van der Waals surface area contributed by atoms with Gasteiger partial charge in [-0.25, -0.2) is 4.79 Å². The van der Waals surface area contributed by atoms with Gasteiger partial charge in [-0.3, -0.25) is 4.79 Å². The summed E-state index contributed by atoms with van der Waals surface area (Å²) in [5.41, 5.74) is 0.127. The zero-order chi connectivity index (χ0) is 20.1. The molecule has 0 fully saturated rings. The molecule has 8 heteroatoms. The number of alkyl halides is 2. The molecule has 0 radical (unpaired) electrons. The van der Waals surface area contributed by atoms with Crippen LogP contribution < -0.4 is 5.32 Å². The van der Waals surface area contributed by atoms with E-state index in [2.05, 4.69) is 5.32 Å². The number of fused-ring (bicyclic) bond motifs is 1. The number of para-hydroxylation sites is 1. The van der Waals surface area contributed by atoms with Crippen molar-refractivity contribution in [1.82, 2.24) is 0 Å². The zero-order valence-electron chi connectivity index (χ0n) is 14.4. The van der Waals surface area contributed by atoms with E-state index < -0.39 is 24.2 Å². The Morgan fingerprint density at radius 1 is 1.04 bits per heavy atom. The summed E-state index contributed by atoms with van der Waals surface area (Å²) < 4.78 is 30.1. The maximum Gasteiger partial charge on any atom is 0.342 e. The van der Waals surface area contributed by atoms with Gasteiger partial charge in [0.05, 0.1) is 5.69 Å². The fourth-order valence-corrected chi connectivity index (χ4v) is 3.18. The highest BCUT2D eigenvalue weighted by molar-refractivity contribution is 7.99. The minimum atomic E-state index is -2.63. The number of rotatable bonds is 6. The van der Waals surface area contributed by atoms with Crippen LogP contribution in [0.5, 0.6) is 5.75 Å². The molecule has 0 atom stereocenters. The topological polar surface area (TPSA) is 75.6 Å². The summed E-state index contributed by atoms with van der Waals surface area (Å²) in [6.45, 7) is -0.626. The number of hydrogen-bond acceptors (Lipinski definition) is 5. The van der Waals surface area contributed by atoms with Crippen LogP contribution in [0.3, 0.4) is 0 Å². The Labute approximate surface area is 163 Å². The van der Waals surface area contributed by atoms with Crippen molar-refractivity contribution in [2.75, 3.05) is 11.9 Å². The molecule has 28 heavy (non-hydrogen) atoms. The van der Waals surface area contributed by atoms with Crippen molar-refractivity contribution in [2.24, 2.45) is 0 Å². The summed E-state index contributed by atoms with van der Waals surface area (Å²) in [7, 11) is 0. The number of phenolic OH excluding ortho intramolecular Hbond substituents is 1. The molecule has 0 unspecified atom stereocenters. The molecular weight excluding hydrogens is 388 g/mol. The Morgan fingerprint density at radius 3 is 2.54 bits per heavy atom. The average molecular weight is 403 g/mol. The van der Waals surface area contributed by atoms with Crippen molar-refractivity contribution in [1.29, 1.82) is 0 Å². The van der Waals surface area contributed by atoms with Crippen LogP contribution in [0.4, 0.5) is 14.5 Å². The monoisotopic (exact) mass is 403 g/mol. The molecule has 0 spiro atoms. The number of carbonyl (C=O) groups is 2. The van der Waals surface area contributed by atoms with Crippen LogP contribution in [-0.4, -0.2) is 29.3 Å². The highest BCUT2D eigenvalue weighted by Gasteiger charge is 2.17. The highest BCUT2D eigenvalue weighted by atomic mass is 32.2. The molecule has 0 aliphatic rings. The largest absolute Gasteiger partial charge is 0.506 e. The van der Waals surface area contributed by atoms with Crippen molar-refractivity contribution in [3.63, 3.8) is 0 Å². The Bertz CT molecular complexity index is 1030. The average Bonchev–Trinajstić information content (AvgIpc) is 2.68. The van der Waals surface area contributed by atoms with Crippen LogP contribution in [0, 0.1) is 0 Å². The lowest BCUT2D eigenvalue weighted by atomic mass is 10.1. The van der Waals surface area contributed by atoms with Crippen LogP contribution in [-0.2, 0) is 9.53 Å². The van der Waals surface area contributed by atoms with Crippen molar-refractivity contribution in [3.8, 4) is 5.75 Å². The number of anilines is 1. The van der Waals surface area contributed by atoms with E-state index in [4.69, 9.17) is 4.74 Å². The van der Waals surface area contributed by atoms with E-state index in [1.165, 1.54) is 18.2 Å². The third-order valence-electron chi connectivity index (χ3n) is 3.83. The fourth-order valence-electron chi connectivity index (χ4n) is 2.58. The first-order chi connectivity index (χ1) is 13.5. The van der Waals surface area contributed by atoms with Crippen molar-refractivity contribution < 1.29 is 28.2 Å². The van der Waals surface area contributed by atoms with Gasteiger partial charge in [-0.15, -0.1) is 0 Å². The van der Waals surface area contributed by atoms with Crippen LogP contribution in [0.1, 0.15) is 10.4 Å². The second-order valence-corrected chi connectivity index (χ2v) is 6.71. The van der Waals surface area contributed by atoms with Gasteiger partial charge < -0.3 is 15.2 Å². The highest BCUT2D eigenvalue weighted by Crippen LogP contribution is 2.32. The number of thioether (sulfide) groups is 1. The maximum absolute atomic E-state index is 12.6. The molecule has 3 rings (SSSR count). The molecule has 1 amide bonds. The quantitative estimate of drug-likeness (QED) is 0.463. The fraction of sp³-hybridized carbons (Fsp3) is 0.100. The molecule has 0 saturated heterocycles. The van der Waals surface area contributed by atoms with Crippen LogP contribution in [0.2, 0.25) is 0 Å². The predicted molar refractivity (Wildman–Crippen MR) is 103 cm³/mol. The molecule has 3 aromatic rings. The van der Waals surface area contributed by atoms with E-state index in [0.717, 1.165) is 5.39 Å². The number of benzene rings is 3. The first-order valence-electron chi connectivity index (χ1n) is 8.17. The summed E-state index contributed by atoms with van der Waals surface area (Å²) in [5, 5.41) is 13.9. The van der Waals surface area contributed by atoms with Crippen LogP contribution in [0.25, 0.3) is 10.8 Å². The van der Waals surface area contributed by atoms with E-state index in [1.54, 1.807) is 42.5 Å². The van der Waals surface area contributed by atoms with Crippen LogP contribution in [0.15, 0.2) is 65.6 Å². The number of aromatic hydroxyl groups is 1. The standard InChI is InChI=1S/C20H15F2NO4S/c21-20(22)28-16-8-4-3-7-15(16)23-17(24)11-27-19(26)14-10-9-12-5-1-2-6-13(12)18(14)25/h1-10,20,25H,11H2,(H,23,24). The first kappa shape index (κ1) is 19.6. The predicted octanol–water partition coefficient (Wildman–Crippen LogP) is 4.66. The lowest BCUT2D eigenvalue weighted by Gasteiger charge is -2.11. The molecule has 0 bridgehead atoms. The molecule has 0 aromatic heterocycles. The normalized spacial score (nSPS) is 10.8. The van der Waals surface area contributed by atoms with Crippen molar-refractivity contribution >= 4 is 40.1 Å². The summed E-state index contributed by atoms with van der Waals surface area (Å²) in [5.74, 6) is -4.42. The molecule has 2 N–H and O–H groups in total. The third-order valence-corrected chi connectivity index (χ3v) is 4.62. The summed E-state index contributed by atoms with van der Waals surface area (Å²) in [6, 6.07) is 16.1. The van der Waals surface area contributed by atoms with Gasteiger partial charge in [0.2, 0.25) is 0 Å². The number of esters is 1. The lowest BCUT2D eigenvalue weighted by molar-refractivity contribution is -0.119. The lowest BCUT2D eigenvalue weighted by Crippen LogP contribution is -2.21. The Balaban J connectivity index is 1.65. The minimum Gasteiger partial charge on any atom is -0.506 e. The SMILES string of the molecule is O=C(COC(=O)c1ccc2ccccc2c1O)Nc1ccccc1SC(F)F. The molecule has 0 heterocycles. The van der Waals surface area contributed by atoms with Gasteiger partial charge in [0.25, 0.3) is 11.7 Å². The van der Waals surface area contributed by atoms with Gasteiger partial charge in [0.1, 0.15) is 11.3 Å². The van der Waals surface area contributed by atoms with E-state index >= 15 is 0 Å². The number of phenols is 1. The van der Waals surface area contributed by atoms with E-state index in [-0.39, 0.29) is 21.9 Å². The summed E-state index contributed by atoms with van der Waals surface area (Å²) in [6.07, 6.45) is 0. The molecule has 5 nitrogen and oxygen atoms in total. The molecular formula is C20H15F2NO4S. The molecule has 0 aliphatic carbocycles. The number of ether oxygens (including phenoxy) is 1. The Kier molecular flexibility index (Phi) is 6.10. The van der Waals surface area contributed by atoms with Crippen molar-refractivity contribution in [2.45, 2.75) is 10.7 Å². The van der Waals surface area contributed by atoms with E-state index in [0.29, 0.717) is 17.1 Å². The first-order valence-corrected chi connectivity index (χ1v) is 9.05. The van der Waals surface area contributed by atoms with E-state index in [9.17, 15) is 23.5 Å². The van der Waals surface area contributed by atoms with E-state index in [1.807, 2.05) is 0 Å². The van der Waals surface area contributed by atoms with Gasteiger partial charge in [-0.2, -0.15) is 8.78 Å². The number of hydrogen-bond donors (Lipinski definition) is 2. The maximum atomic E-state index is 12.6. The minimum absolute atomic E-state index is 0.0693. The second-order valence-electron chi connectivity index (χ2n) is 5.68. The number of amides is 1. The summed E-state index contributed by atoms with van der Waals surface area (Å²) in [4.78, 5) is 24.4. The van der Waals surface area contributed by atoms with Gasteiger partial charge in [-0.05, 0) is 23.6 Å². The number of nitrogens with one attached hydrogen (secondary N) is 1. The van der Waals surface area contributed by atoms with Gasteiger partial charge in [0.15, 0.2) is 6.61 Å². The molecule has 3 aromatic carbocycles. The molecule has 0 aliphatic heterocycles.